The first-order valence-corrected chi connectivity index (χ1v) is 8.41. The summed E-state index contributed by atoms with van der Waals surface area (Å²) in [6.07, 6.45) is 9.73. The highest BCUT2D eigenvalue weighted by atomic mass is 15.3. The number of fused-ring (bicyclic) bond motifs is 2. The van der Waals surface area contributed by atoms with Gasteiger partial charge >= 0.3 is 0 Å². The van der Waals surface area contributed by atoms with E-state index in [1.165, 1.54) is 31.5 Å². The SMILES string of the molecule is CCCn1ncnc1CC(NCC)C1CC2CCC1C2. The fraction of sp³-hybridized carbons (Fsp3) is 0.875. The molecule has 0 spiro atoms. The molecule has 0 amide bonds. The minimum absolute atomic E-state index is 0.593. The molecule has 1 aromatic heterocycles. The molecule has 0 radical (unpaired) electrons. The second-order valence-corrected chi connectivity index (χ2v) is 6.61. The van der Waals surface area contributed by atoms with E-state index < -0.39 is 0 Å². The van der Waals surface area contributed by atoms with Crippen LogP contribution in [0.4, 0.5) is 0 Å². The maximum atomic E-state index is 4.50. The van der Waals surface area contributed by atoms with Gasteiger partial charge in [0.2, 0.25) is 0 Å². The van der Waals surface area contributed by atoms with Crippen LogP contribution < -0.4 is 5.32 Å². The molecule has 2 aliphatic rings. The number of rotatable bonds is 7. The van der Waals surface area contributed by atoms with E-state index in [1.807, 2.05) is 0 Å². The average Bonchev–Trinajstić information content (AvgIpc) is 3.15. The van der Waals surface area contributed by atoms with Crippen molar-refractivity contribution in [1.82, 2.24) is 20.1 Å². The molecule has 112 valence electrons. The van der Waals surface area contributed by atoms with Crippen molar-refractivity contribution >= 4 is 0 Å². The third-order valence-electron chi connectivity index (χ3n) is 5.31. The van der Waals surface area contributed by atoms with Crippen molar-refractivity contribution in [3.05, 3.63) is 12.2 Å². The van der Waals surface area contributed by atoms with Crippen LogP contribution in [0, 0.1) is 17.8 Å². The average molecular weight is 276 g/mol. The fourth-order valence-electron chi connectivity index (χ4n) is 4.47. The molecule has 4 unspecified atom stereocenters. The summed E-state index contributed by atoms with van der Waals surface area (Å²) in [7, 11) is 0. The highest BCUT2D eigenvalue weighted by Gasteiger charge is 2.43. The lowest BCUT2D eigenvalue weighted by Crippen LogP contribution is -2.41. The lowest BCUT2D eigenvalue weighted by molar-refractivity contribution is 0.245. The van der Waals surface area contributed by atoms with Gasteiger partial charge in [-0.1, -0.05) is 20.3 Å². The molecular weight excluding hydrogens is 248 g/mol. The maximum absolute atomic E-state index is 4.50. The summed E-state index contributed by atoms with van der Waals surface area (Å²) in [5, 5.41) is 8.11. The molecule has 0 aromatic carbocycles. The lowest BCUT2D eigenvalue weighted by atomic mass is 9.82. The minimum atomic E-state index is 0.593. The van der Waals surface area contributed by atoms with Gasteiger partial charge in [0.1, 0.15) is 12.2 Å². The van der Waals surface area contributed by atoms with Gasteiger partial charge in [-0.2, -0.15) is 5.10 Å². The molecule has 2 aliphatic carbocycles. The van der Waals surface area contributed by atoms with E-state index >= 15 is 0 Å². The zero-order chi connectivity index (χ0) is 13.9. The number of nitrogens with zero attached hydrogens (tertiary/aromatic N) is 3. The lowest BCUT2D eigenvalue weighted by Gasteiger charge is -2.31. The van der Waals surface area contributed by atoms with Crippen LogP contribution in [0.1, 0.15) is 51.8 Å². The Bertz CT molecular complexity index is 428. The third-order valence-corrected chi connectivity index (χ3v) is 5.31. The van der Waals surface area contributed by atoms with Gasteiger partial charge in [0.05, 0.1) is 0 Å². The topological polar surface area (TPSA) is 42.7 Å². The second-order valence-electron chi connectivity index (χ2n) is 6.61. The van der Waals surface area contributed by atoms with Crippen LogP contribution in [0.5, 0.6) is 0 Å². The molecule has 1 N–H and O–H groups in total. The van der Waals surface area contributed by atoms with Crippen molar-refractivity contribution in [2.24, 2.45) is 17.8 Å². The highest BCUT2D eigenvalue weighted by molar-refractivity contribution is 4.99. The highest BCUT2D eigenvalue weighted by Crippen LogP contribution is 2.49. The molecule has 1 aromatic rings. The van der Waals surface area contributed by atoms with Crippen LogP contribution in [0.15, 0.2) is 6.33 Å². The molecule has 1 heterocycles. The standard InChI is InChI=1S/C16H28N4/c1-3-7-20-16(18-11-19-20)10-15(17-4-2)14-9-12-5-6-13(14)8-12/h11-15,17H,3-10H2,1-2H3. The Kier molecular flexibility index (Phi) is 4.39. The zero-order valence-electron chi connectivity index (χ0n) is 12.9. The van der Waals surface area contributed by atoms with E-state index in [2.05, 4.69) is 33.9 Å². The molecule has 4 heteroatoms. The second kappa shape index (κ2) is 6.25. The van der Waals surface area contributed by atoms with E-state index in [9.17, 15) is 0 Å². The van der Waals surface area contributed by atoms with Crippen molar-refractivity contribution in [1.29, 1.82) is 0 Å². The summed E-state index contributed by atoms with van der Waals surface area (Å²) in [5.41, 5.74) is 0. The fourth-order valence-corrected chi connectivity index (χ4v) is 4.47. The van der Waals surface area contributed by atoms with E-state index in [0.717, 1.165) is 43.7 Å². The Morgan fingerprint density at radius 3 is 2.90 bits per heavy atom. The molecule has 0 saturated heterocycles. The Morgan fingerprint density at radius 1 is 1.35 bits per heavy atom. The summed E-state index contributed by atoms with van der Waals surface area (Å²) >= 11 is 0. The Balaban J connectivity index is 1.69. The number of hydrogen-bond donors (Lipinski definition) is 1. The number of hydrogen-bond acceptors (Lipinski definition) is 3. The van der Waals surface area contributed by atoms with Crippen molar-refractivity contribution in [3.63, 3.8) is 0 Å². The van der Waals surface area contributed by atoms with Gasteiger partial charge in [0.15, 0.2) is 0 Å². The molecule has 2 fully saturated rings. The van der Waals surface area contributed by atoms with Gasteiger partial charge in [-0.05, 0) is 50.0 Å². The quantitative estimate of drug-likeness (QED) is 0.832. The Morgan fingerprint density at radius 2 is 2.25 bits per heavy atom. The van der Waals surface area contributed by atoms with Crippen molar-refractivity contribution in [2.45, 2.75) is 65.0 Å². The molecule has 2 saturated carbocycles. The van der Waals surface area contributed by atoms with Crippen molar-refractivity contribution < 1.29 is 0 Å². The van der Waals surface area contributed by atoms with E-state index in [0.29, 0.717) is 6.04 Å². The van der Waals surface area contributed by atoms with Gasteiger partial charge in [-0.15, -0.1) is 0 Å². The normalized spacial score (nSPS) is 30.0. The first-order valence-electron chi connectivity index (χ1n) is 8.41. The minimum Gasteiger partial charge on any atom is -0.314 e. The number of aryl methyl sites for hydroxylation is 1. The molecular formula is C16H28N4. The van der Waals surface area contributed by atoms with E-state index in [1.54, 1.807) is 6.33 Å². The molecule has 4 nitrogen and oxygen atoms in total. The summed E-state index contributed by atoms with van der Waals surface area (Å²) in [4.78, 5) is 4.50. The summed E-state index contributed by atoms with van der Waals surface area (Å²) < 4.78 is 2.09. The van der Waals surface area contributed by atoms with Crippen molar-refractivity contribution in [3.8, 4) is 0 Å². The van der Waals surface area contributed by atoms with Gasteiger partial charge < -0.3 is 5.32 Å². The largest absolute Gasteiger partial charge is 0.314 e. The monoisotopic (exact) mass is 276 g/mol. The first kappa shape index (κ1) is 14.1. The Hall–Kier alpha value is -0.900. The third kappa shape index (κ3) is 2.76. The smallest absolute Gasteiger partial charge is 0.138 e. The summed E-state index contributed by atoms with van der Waals surface area (Å²) in [6.45, 7) is 6.46. The van der Waals surface area contributed by atoms with Gasteiger partial charge in [-0.25, -0.2) is 4.98 Å². The zero-order valence-corrected chi connectivity index (χ0v) is 12.9. The van der Waals surface area contributed by atoms with E-state index in [-0.39, 0.29) is 0 Å². The van der Waals surface area contributed by atoms with Crippen LogP contribution >= 0.6 is 0 Å². The van der Waals surface area contributed by atoms with Crippen LogP contribution in [0.25, 0.3) is 0 Å². The predicted molar refractivity (Wildman–Crippen MR) is 80.4 cm³/mol. The molecule has 20 heavy (non-hydrogen) atoms. The van der Waals surface area contributed by atoms with Gasteiger partial charge in [0.25, 0.3) is 0 Å². The Labute approximate surface area is 122 Å². The number of likely N-dealkylation sites (N-methyl/N-ethyl adjacent to an activating group) is 1. The summed E-state index contributed by atoms with van der Waals surface area (Å²) in [6, 6.07) is 0.593. The molecule has 2 bridgehead atoms. The summed E-state index contributed by atoms with van der Waals surface area (Å²) in [5.74, 6) is 4.01. The van der Waals surface area contributed by atoms with Crippen molar-refractivity contribution in [2.75, 3.05) is 6.54 Å². The predicted octanol–water partition coefficient (Wildman–Crippen LogP) is 2.64. The maximum Gasteiger partial charge on any atom is 0.138 e. The molecule has 4 atom stereocenters. The molecule has 0 aliphatic heterocycles. The number of nitrogens with one attached hydrogen (secondary N) is 1. The van der Waals surface area contributed by atoms with Crippen LogP contribution in [0.3, 0.4) is 0 Å². The first-order chi connectivity index (χ1) is 9.81. The van der Waals surface area contributed by atoms with Crippen LogP contribution in [-0.2, 0) is 13.0 Å². The van der Waals surface area contributed by atoms with Crippen LogP contribution in [-0.4, -0.2) is 27.4 Å². The van der Waals surface area contributed by atoms with E-state index in [4.69, 9.17) is 0 Å². The molecule has 3 rings (SSSR count). The van der Waals surface area contributed by atoms with Gasteiger partial charge in [0, 0.05) is 19.0 Å². The van der Waals surface area contributed by atoms with Crippen LogP contribution in [0.2, 0.25) is 0 Å². The van der Waals surface area contributed by atoms with Gasteiger partial charge in [-0.3, -0.25) is 4.68 Å². The number of aromatic nitrogens is 3.